The smallest absolute Gasteiger partial charge is 0.417 e. The van der Waals surface area contributed by atoms with Crippen LogP contribution in [0.15, 0.2) is 48.5 Å². The lowest BCUT2D eigenvalue weighted by molar-refractivity contribution is -0.137. The molecule has 0 unspecified atom stereocenters. The van der Waals surface area contributed by atoms with E-state index in [4.69, 9.17) is 4.43 Å². The summed E-state index contributed by atoms with van der Waals surface area (Å²) in [5.74, 6) is 0. The van der Waals surface area contributed by atoms with Gasteiger partial charge in [-0.3, -0.25) is 0 Å². The second kappa shape index (κ2) is 8.19. The predicted molar refractivity (Wildman–Crippen MR) is 108 cm³/mol. The highest BCUT2D eigenvalue weighted by atomic mass is 28.4. The lowest BCUT2D eigenvalue weighted by atomic mass is 9.97. The van der Waals surface area contributed by atoms with E-state index in [1.807, 2.05) is 18.2 Å². The average molecular weight is 395 g/mol. The molecule has 0 atom stereocenters. The van der Waals surface area contributed by atoms with E-state index in [0.29, 0.717) is 12.2 Å². The van der Waals surface area contributed by atoms with Crippen molar-refractivity contribution in [1.29, 1.82) is 0 Å². The first kappa shape index (κ1) is 21.7. The van der Waals surface area contributed by atoms with Crippen LogP contribution in [0, 0.1) is 0 Å². The van der Waals surface area contributed by atoms with Gasteiger partial charge in [0.05, 0.1) is 5.56 Å². The van der Waals surface area contributed by atoms with Gasteiger partial charge < -0.3 is 4.43 Å². The fraction of sp³-hybridized carbons (Fsp3) is 0.455. The molecule has 0 fully saturated rings. The molecule has 0 N–H and O–H groups in total. The van der Waals surface area contributed by atoms with E-state index in [1.54, 1.807) is 12.1 Å². The first-order valence-corrected chi connectivity index (χ1v) is 12.2. The summed E-state index contributed by atoms with van der Waals surface area (Å²) in [6, 6.07) is 13.1. The van der Waals surface area contributed by atoms with Gasteiger partial charge >= 0.3 is 6.18 Å². The number of hydrogen-bond acceptors (Lipinski definition) is 1. The van der Waals surface area contributed by atoms with Crippen LogP contribution in [0.4, 0.5) is 13.2 Å². The van der Waals surface area contributed by atoms with Crippen molar-refractivity contribution in [2.45, 2.75) is 57.9 Å². The molecule has 0 bridgehead atoms. The molecule has 148 valence electrons. The Morgan fingerprint density at radius 2 is 1.59 bits per heavy atom. The fourth-order valence-electron chi connectivity index (χ4n) is 2.70. The van der Waals surface area contributed by atoms with Crippen LogP contribution in [0.5, 0.6) is 0 Å². The molecular weight excluding hydrogens is 365 g/mol. The maximum atomic E-state index is 13.3. The second-order valence-corrected chi connectivity index (χ2v) is 13.3. The Morgan fingerprint density at radius 1 is 0.926 bits per heavy atom. The minimum atomic E-state index is -4.36. The highest BCUT2D eigenvalue weighted by molar-refractivity contribution is 6.74. The molecule has 2 rings (SSSR count). The van der Waals surface area contributed by atoms with E-state index < -0.39 is 20.1 Å². The van der Waals surface area contributed by atoms with Crippen molar-refractivity contribution < 1.29 is 17.6 Å². The van der Waals surface area contributed by atoms with Gasteiger partial charge in [0, 0.05) is 6.61 Å². The fourth-order valence-corrected chi connectivity index (χ4v) is 3.78. The number of benzene rings is 2. The van der Waals surface area contributed by atoms with Crippen LogP contribution in [0.25, 0.3) is 11.1 Å². The first-order valence-electron chi connectivity index (χ1n) is 9.31. The van der Waals surface area contributed by atoms with Crippen molar-refractivity contribution in [2.24, 2.45) is 0 Å². The molecule has 0 saturated heterocycles. The van der Waals surface area contributed by atoms with Crippen LogP contribution >= 0.6 is 0 Å². The molecule has 1 nitrogen and oxygen atoms in total. The van der Waals surface area contributed by atoms with Crippen LogP contribution in [-0.4, -0.2) is 14.9 Å². The van der Waals surface area contributed by atoms with Gasteiger partial charge in [-0.05, 0) is 53.7 Å². The van der Waals surface area contributed by atoms with Crippen molar-refractivity contribution >= 4 is 8.32 Å². The summed E-state index contributed by atoms with van der Waals surface area (Å²) in [6.45, 7) is 11.8. The number of aryl methyl sites for hydroxylation is 1. The lowest BCUT2D eigenvalue weighted by Crippen LogP contribution is -2.41. The number of alkyl halides is 3. The summed E-state index contributed by atoms with van der Waals surface area (Å²) < 4.78 is 46.0. The van der Waals surface area contributed by atoms with Gasteiger partial charge in [-0.15, -0.1) is 0 Å². The van der Waals surface area contributed by atoms with Crippen LogP contribution in [0.2, 0.25) is 18.1 Å². The van der Waals surface area contributed by atoms with Crippen molar-refractivity contribution in [3.8, 4) is 11.1 Å². The normalized spacial score (nSPS) is 13.0. The molecule has 27 heavy (non-hydrogen) atoms. The van der Waals surface area contributed by atoms with E-state index >= 15 is 0 Å². The van der Waals surface area contributed by atoms with E-state index in [9.17, 15) is 13.2 Å². The third-order valence-electron chi connectivity index (χ3n) is 5.35. The molecule has 0 amide bonds. The largest absolute Gasteiger partial charge is 0.417 e. The first-order chi connectivity index (χ1) is 12.4. The van der Waals surface area contributed by atoms with Gasteiger partial charge in [0.15, 0.2) is 8.32 Å². The van der Waals surface area contributed by atoms with Crippen LogP contribution in [0.1, 0.15) is 38.3 Å². The van der Waals surface area contributed by atoms with E-state index in [2.05, 4.69) is 33.9 Å². The molecule has 0 aromatic heterocycles. The Bertz CT molecular complexity index is 761. The van der Waals surface area contributed by atoms with Crippen LogP contribution < -0.4 is 0 Å². The number of hydrogen-bond donors (Lipinski definition) is 0. The summed E-state index contributed by atoms with van der Waals surface area (Å²) in [4.78, 5) is 0. The predicted octanol–water partition coefficient (Wildman–Crippen LogP) is 7.33. The second-order valence-electron chi connectivity index (χ2n) is 8.46. The molecule has 0 saturated carbocycles. The molecular formula is C22H29F3OSi. The van der Waals surface area contributed by atoms with E-state index in [-0.39, 0.29) is 10.6 Å². The van der Waals surface area contributed by atoms with Crippen molar-refractivity contribution in [3.05, 3.63) is 59.7 Å². The van der Waals surface area contributed by atoms with Gasteiger partial charge in [0.25, 0.3) is 0 Å². The molecule has 0 aliphatic rings. The molecule has 0 radical (unpaired) electrons. The zero-order chi connectivity index (χ0) is 20.3. The maximum Gasteiger partial charge on any atom is 0.417 e. The molecule has 2 aromatic carbocycles. The zero-order valence-electron chi connectivity index (χ0n) is 16.8. The Hall–Kier alpha value is -1.59. The zero-order valence-corrected chi connectivity index (χ0v) is 17.8. The van der Waals surface area contributed by atoms with Crippen molar-refractivity contribution in [2.75, 3.05) is 6.61 Å². The molecule has 5 heteroatoms. The summed E-state index contributed by atoms with van der Waals surface area (Å²) in [7, 11) is -1.76. The van der Waals surface area contributed by atoms with E-state index in [0.717, 1.165) is 24.5 Å². The highest BCUT2D eigenvalue weighted by Crippen LogP contribution is 2.38. The SMILES string of the molecule is CC(C)(C)[Si](C)(C)OCCCc1cccc(-c2ccccc2C(F)(F)F)c1. The third-order valence-corrected chi connectivity index (χ3v) is 9.89. The topological polar surface area (TPSA) is 9.23 Å². The maximum absolute atomic E-state index is 13.3. The minimum Gasteiger partial charge on any atom is -0.417 e. The van der Waals surface area contributed by atoms with Crippen molar-refractivity contribution in [1.82, 2.24) is 0 Å². The van der Waals surface area contributed by atoms with Gasteiger partial charge in [-0.1, -0.05) is 63.2 Å². The van der Waals surface area contributed by atoms with E-state index in [1.165, 1.54) is 12.1 Å². The Labute approximate surface area is 161 Å². The van der Waals surface area contributed by atoms with Crippen LogP contribution in [-0.2, 0) is 17.0 Å². The van der Waals surface area contributed by atoms with Gasteiger partial charge in [-0.2, -0.15) is 13.2 Å². The van der Waals surface area contributed by atoms with Gasteiger partial charge in [0.1, 0.15) is 0 Å². The monoisotopic (exact) mass is 394 g/mol. The third kappa shape index (κ3) is 5.69. The Morgan fingerprint density at radius 3 is 2.22 bits per heavy atom. The summed E-state index contributed by atoms with van der Waals surface area (Å²) in [5.41, 5.74) is 1.27. The molecule has 2 aromatic rings. The Kier molecular flexibility index (Phi) is 6.58. The highest BCUT2D eigenvalue weighted by Gasteiger charge is 2.36. The number of halogens is 3. The summed E-state index contributed by atoms with van der Waals surface area (Å²) in [5, 5.41) is 0.175. The molecule has 0 aliphatic carbocycles. The average Bonchev–Trinajstić information content (AvgIpc) is 2.57. The summed E-state index contributed by atoms with van der Waals surface area (Å²) in [6.07, 6.45) is -2.71. The minimum absolute atomic E-state index is 0.175. The van der Waals surface area contributed by atoms with Crippen LogP contribution in [0.3, 0.4) is 0 Å². The molecule has 0 aliphatic heterocycles. The van der Waals surface area contributed by atoms with Gasteiger partial charge in [-0.25, -0.2) is 0 Å². The molecule has 0 heterocycles. The molecule has 0 spiro atoms. The number of rotatable bonds is 6. The van der Waals surface area contributed by atoms with Crippen molar-refractivity contribution in [3.63, 3.8) is 0 Å². The Balaban J connectivity index is 2.07. The lowest BCUT2D eigenvalue weighted by Gasteiger charge is -2.36. The summed E-state index contributed by atoms with van der Waals surface area (Å²) >= 11 is 0. The van der Waals surface area contributed by atoms with Gasteiger partial charge in [0.2, 0.25) is 0 Å². The quantitative estimate of drug-likeness (QED) is 0.368. The standard InChI is InChI=1S/C22H29F3OSi/c1-21(2,3)27(4,5)26-15-9-11-17-10-8-12-18(16-17)19-13-6-7-14-20(19)22(23,24)25/h6-8,10,12-14,16H,9,11,15H2,1-5H3.